The van der Waals surface area contributed by atoms with Crippen LogP contribution in [0.1, 0.15) is 37.0 Å². The summed E-state index contributed by atoms with van der Waals surface area (Å²) >= 11 is 3.57. The summed E-state index contributed by atoms with van der Waals surface area (Å²) in [6.07, 6.45) is 4.52. The first kappa shape index (κ1) is 32.2. The molecule has 1 spiro atoms. The molecule has 242 valence electrons. The Balaban J connectivity index is 1.44. The molecule has 11 heteroatoms. The number of amides is 3. The van der Waals surface area contributed by atoms with Crippen LogP contribution in [0.3, 0.4) is 0 Å². The first-order chi connectivity index (χ1) is 22.2. The topological polar surface area (TPSA) is 117 Å². The molecule has 4 aliphatic rings. The molecule has 10 nitrogen and oxygen atoms in total. The highest BCUT2D eigenvalue weighted by molar-refractivity contribution is 9.11. The number of likely N-dealkylation sites (tertiary alicyclic amines) is 1. The molecular formula is C35H38BrN3O7. The molecule has 3 amide bonds. The van der Waals surface area contributed by atoms with E-state index < -0.39 is 53.6 Å². The number of rotatable bonds is 5. The van der Waals surface area contributed by atoms with E-state index in [0.29, 0.717) is 16.5 Å². The van der Waals surface area contributed by atoms with Crippen molar-refractivity contribution in [1.29, 1.82) is 0 Å². The Kier molecular flexibility index (Phi) is 9.18. The van der Waals surface area contributed by atoms with Gasteiger partial charge in [0.1, 0.15) is 29.8 Å². The number of nitrogens with zero attached hydrogens (tertiary/aromatic N) is 3. The van der Waals surface area contributed by atoms with Crippen LogP contribution in [-0.4, -0.2) is 94.0 Å². The lowest BCUT2D eigenvalue weighted by atomic mass is 9.74. The number of cyclic esters (lactones) is 1. The van der Waals surface area contributed by atoms with Crippen molar-refractivity contribution < 1.29 is 33.8 Å². The third-order valence-corrected chi connectivity index (χ3v) is 10.3. The van der Waals surface area contributed by atoms with Gasteiger partial charge in [0, 0.05) is 37.6 Å². The number of halogens is 1. The van der Waals surface area contributed by atoms with E-state index in [1.807, 2.05) is 79.7 Å². The van der Waals surface area contributed by atoms with Crippen LogP contribution in [0.5, 0.6) is 0 Å². The number of allylic oxidation sites excluding steroid dienone is 1. The zero-order valence-electron chi connectivity index (χ0n) is 25.8. The third-order valence-electron chi connectivity index (χ3n) is 9.63. The van der Waals surface area contributed by atoms with E-state index in [2.05, 4.69) is 15.9 Å². The fraction of sp³-hybridized carbons (Fsp3) is 0.429. The Morgan fingerprint density at radius 1 is 0.957 bits per heavy atom. The maximum absolute atomic E-state index is 14.6. The van der Waals surface area contributed by atoms with Crippen molar-refractivity contribution in [2.45, 2.75) is 56.2 Å². The second kappa shape index (κ2) is 13.1. The van der Waals surface area contributed by atoms with Crippen LogP contribution < -0.4 is 0 Å². The Labute approximate surface area is 276 Å². The van der Waals surface area contributed by atoms with Crippen molar-refractivity contribution in [2.75, 3.05) is 26.7 Å². The van der Waals surface area contributed by atoms with Gasteiger partial charge in [0.05, 0.1) is 18.6 Å². The predicted octanol–water partition coefficient (Wildman–Crippen LogP) is 3.36. The molecule has 2 aromatic rings. The molecule has 46 heavy (non-hydrogen) atoms. The molecule has 2 saturated heterocycles. The molecule has 2 fully saturated rings. The molecule has 0 aliphatic carbocycles. The van der Waals surface area contributed by atoms with Crippen molar-refractivity contribution in [3.63, 3.8) is 0 Å². The molecular weight excluding hydrogens is 654 g/mol. The van der Waals surface area contributed by atoms with Crippen molar-refractivity contribution in [3.05, 3.63) is 94.5 Å². The smallest absolute Gasteiger partial charge is 0.313 e. The lowest BCUT2D eigenvalue weighted by Gasteiger charge is -2.35. The molecule has 4 aliphatic heterocycles. The number of fused-ring (bicyclic) bond motifs is 2. The van der Waals surface area contributed by atoms with Crippen LogP contribution in [0, 0.1) is 11.8 Å². The summed E-state index contributed by atoms with van der Waals surface area (Å²) in [6.45, 7) is 1.86. The van der Waals surface area contributed by atoms with E-state index >= 15 is 0 Å². The van der Waals surface area contributed by atoms with Gasteiger partial charge in [-0.2, -0.15) is 0 Å². The highest BCUT2D eigenvalue weighted by Crippen LogP contribution is 2.59. The average molecular weight is 693 g/mol. The minimum absolute atomic E-state index is 0.0969. The highest BCUT2D eigenvalue weighted by Gasteiger charge is 2.75. The van der Waals surface area contributed by atoms with Crippen molar-refractivity contribution >= 4 is 39.6 Å². The second-order valence-electron chi connectivity index (χ2n) is 12.3. The van der Waals surface area contributed by atoms with Crippen LogP contribution in [0.2, 0.25) is 0 Å². The summed E-state index contributed by atoms with van der Waals surface area (Å²) in [4.78, 5) is 61.0. The zero-order chi connectivity index (χ0) is 32.6. The molecule has 2 aromatic carbocycles. The van der Waals surface area contributed by atoms with E-state index in [4.69, 9.17) is 9.47 Å². The van der Waals surface area contributed by atoms with Gasteiger partial charge in [-0.3, -0.25) is 19.2 Å². The number of β-amino-alcohol motifs (C(OH)–C–C–N with tert-alkyl or cyclic N) is 1. The minimum Gasteiger partial charge on any atom is -0.455 e. The van der Waals surface area contributed by atoms with Gasteiger partial charge >= 0.3 is 5.97 Å². The number of ether oxygens (including phenoxy) is 2. The first-order valence-electron chi connectivity index (χ1n) is 15.6. The number of hydrogen-bond acceptors (Lipinski definition) is 7. The Morgan fingerprint density at radius 3 is 2.35 bits per heavy atom. The van der Waals surface area contributed by atoms with Gasteiger partial charge in [-0.05, 0) is 30.5 Å². The Hall–Kier alpha value is -3.80. The summed E-state index contributed by atoms with van der Waals surface area (Å²) < 4.78 is 13.4. The maximum Gasteiger partial charge on any atom is 0.313 e. The number of esters is 1. The minimum atomic E-state index is -1.44. The number of aliphatic hydroxyl groups excluding tert-OH is 1. The summed E-state index contributed by atoms with van der Waals surface area (Å²) in [5.74, 6) is -3.66. The normalized spacial score (nSPS) is 32.4. The molecule has 4 heterocycles. The lowest BCUT2D eigenvalue weighted by Crippen LogP contribution is -2.56. The summed E-state index contributed by atoms with van der Waals surface area (Å²) in [7, 11) is 1.70. The quantitative estimate of drug-likeness (QED) is 0.378. The largest absolute Gasteiger partial charge is 0.455 e. The average Bonchev–Trinajstić information content (AvgIpc) is 3.65. The van der Waals surface area contributed by atoms with Crippen molar-refractivity contribution in [1.82, 2.24) is 14.7 Å². The van der Waals surface area contributed by atoms with Crippen molar-refractivity contribution in [3.8, 4) is 0 Å². The standard InChI is InChI=1S/C35H38BrN3O7/c1-22-29(24-14-8-4-9-15-24)45-34(44)27-28-32(42)39(18-19-40)31(35(28)20-25(36)30(27)46-35)33(43)38(21-23-12-6-3-7-13-23)17-11-5-10-16-26(41)37(22)2/h3-9,11-15,20,22,27-31,40H,10,16-19,21H2,1-2H3/b11-5-/t22-,27+,28-,29+,30+,31+,35-/m0/s1. The summed E-state index contributed by atoms with van der Waals surface area (Å²) in [6, 6.07) is 17.1. The third kappa shape index (κ3) is 5.58. The van der Waals surface area contributed by atoms with Gasteiger partial charge in [0.25, 0.3) is 0 Å². The number of hydrogen-bond donors (Lipinski definition) is 1. The molecule has 0 radical (unpaired) electrons. The Morgan fingerprint density at radius 2 is 1.65 bits per heavy atom. The van der Waals surface area contributed by atoms with E-state index in [9.17, 15) is 24.3 Å². The number of carbonyl (C=O) groups is 4. The van der Waals surface area contributed by atoms with Crippen LogP contribution in [0.15, 0.2) is 83.4 Å². The molecule has 0 unspecified atom stereocenters. The van der Waals surface area contributed by atoms with Gasteiger partial charge in [-0.25, -0.2) is 0 Å². The van der Waals surface area contributed by atoms with E-state index in [0.717, 1.165) is 5.56 Å². The summed E-state index contributed by atoms with van der Waals surface area (Å²) in [5.41, 5.74) is 0.164. The van der Waals surface area contributed by atoms with Crippen LogP contribution in [0.25, 0.3) is 0 Å². The van der Waals surface area contributed by atoms with Crippen LogP contribution in [0.4, 0.5) is 0 Å². The predicted molar refractivity (Wildman–Crippen MR) is 172 cm³/mol. The van der Waals surface area contributed by atoms with Gasteiger partial charge in [0.15, 0.2) is 0 Å². The fourth-order valence-electron chi connectivity index (χ4n) is 7.25. The molecule has 6 rings (SSSR count). The lowest BCUT2D eigenvalue weighted by molar-refractivity contribution is -0.164. The zero-order valence-corrected chi connectivity index (χ0v) is 27.4. The Bertz CT molecular complexity index is 1550. The number of aliphatic hydroxyl groups is 1. The monoisotopic (exact) mass is 691 g/mol. The van der Waals surface area contributed by atoms with Gasteiger partial charge in [0.2, 0.25) is 17.7 Å². The van der Waals surface area contributed by atoms with Gasteiger partial charge in [-0.1, -0.05) is 88.7 Å². The number of benzene rings is 2. The SMILES string of the molecule is C[C@H]1[C@H](c2ccccc2)OC(=O)[C@H]2[C@@H]3O[C@@]4(C=C3Br)[C@@H]2C(=O)N(CCO)[C@@H]4C(=O)N(Cc2ccccc2)C/C=C\CCC(=O)N1C. The molecule has 0 saturated carbocycles. The molecule has 1 N–H and O–H groups in total. The number of carbonyl (C=O) groups excluding carboxylic acids is 4. The van der Waals surface area contributed by atoms with E-state index in [1.54, 1.807) is 22.9 Å². The van der Waals surface area contributed by atoms with Gasteiger partial charge < -0.3 is 29.3 Å². The van der Waals surface area contributed by atoms with Gasteiger partial charge in [-0.15, -0.1) is 0 Å². The van der Waals surface area contributed by atoms with Crippen LogP contribution >= 0.6 is 15.9 Å². The fourth-order valence-corrected chi connectivity index (χ4v) is 7.98. The van der Waals surface area contributed by atoms with Crippen molar-refractivity contribution in [2.24, 2.45) is 11.8 Å². The van der Waals surface area contributed by atoms with E-state index in [-0.39, 0.29) is 44.5 Å². The summed E-state index contributed by atoms with van der Waals surface area (Å²) in [5, 5.41) is 10.0. The maximum atomic E-state index is 14.6. The van der Waals surface area contributed by atoms with E-state index in [1.165, 1.54) is 4.90 Å². The number of likely N-dealkylation sites (N-methyl/N-ethyl adjacent to an activating group) is 1. The first-order valence-corrected chi connectivity index (χ1v) is 16.4. The molecule has 5 bridgehead atoms. The molecule has 7 atom stereocenters. The highest BCUT2D eigenvalue weighted by atomic mass is 79.9. The molecule has 0 aromatic heterocycles. The second-order valence-corrected chi connectivity index (χ2v) is 13.2. The van der Waals surface area contributed by atoms with Crippen LogP contribution in [-0.2, 0) is 35.2 Å².